The summed E-state index contributed by atoms with van der Waals surface area (Å²) in [4.78, 5) is 36.8. The van der Waals surface area contributed by atoms with Crippen molar-refractivity contribution in [1.29, 1.82) is 0 Å². The zero-order valence-corrected chi connectivity index (χ0v) is 32.8. The first-order valence-corrected chi connectivity index (χ1v) is 20.0. The number of rotatable bonds is 35. The zero-order valence-electron chi connectivity index (χ0n) is 32.8. The van der Waals surface area contributed by atoms with E-state index >= 15 is 0 Å². The number of likely N-dealkylation sites (N-methyl/N-ethyl adjacent to an activating group) is 1. The molecule has 0 aromatic carbocycles. The van der Waals surface area contributed by atoms with Crippen molar-refractivity contribution in [3.63, 3.8) is 0 Å². The SMILES string of the molecule is CC/C=C/C/C=C/CCCCCCCC(=O)OCC(COCCC(C(=O)O)[N+](C)(C)C)OC(=O)CCCCC/C=C/CCCCCCCCC. The van der Waals surface area contributed by atoms with Crippen LogP contribution in [0, 0.1) is 0 Å². The molecule has 0 aromatic heterocycles. The van der Waals surface area contributed by atoms with Crippen LogP contribution in [0.5, 0.6) is 0 Å². The van der Waals surface area contributed by atoms with E-state index < -0.39 is 18.1 Å². The number of allylic oxidation sites excluding steroid dienone is 6. The number of nitrogens with zero attached hydrogens (tertiary/aromatic N) is 1. The van der Waals surface area contributed by atoms with E-state index in [0.717, 1.165) is 83.5 Å². The van der Waals surface area contributed by atoms with Crippen LogP contribution < -0.4 is 0 Å². The topological polar surface area (TPSA) is 99.1 Å². The average Bonchev–Trinajstić information content (AvgIpc) is 3.06. The summed E-state index contributed by atoms with van der Waals surface area (Å²) in [5, 5.41) is 9.59. The Balaban J connectivity index is 4.44. The Morgan fingerprint density at radius 2 is 1.12 bits per heavy atom. The molecule has 0 fully saturated rings. The Hall–Kier alpha value is -2.45. The molecular formula is C42H76NO7+. The van der Waals surface area contributed by atoms with Crippen molar-refractivity contribution in [3.8, 4) is 0 Å². The summed E-state index contributed by atoms with van der Waals surface area (Å²) in [6, 6.07) is -0.617. The quantitative estimate of drug-likeness (QED) is 0.0303. The third-order valence-corrected chi connectivity index (χ3v) is 8.77. The minimum atomic E-state index is -0.881. The number of carboxylic acid groups (broad SMARTS) is 1. The number of carbonyl (C=O) groups is 3. The van der Waals surface area contributed by atoms with Crippen LogP contribution in [0.25, 0.3) is 0 Å². The Labute approximate surface area is 306 Å². The van der Waals surface area contributed by atoms with Gasteiger partial charge < -0.3 is 23.8 Å². The Morgan fingerprint density at radius 1 is 0.620 bits per heavy atom. The summed E-state index contributed by atoms with van der Waals surface area (Å²) in [6.45, 7) is 4.58. The van der Waals surface area contributed by atoms with Gasteiger partial charge in [-0.15, -0.1) is 0 Å². The molecule has 0 amide bonds. The maximum atomic E-state index is 12.7. The van der Waals surface area contributed by atoms with Crippen molar-refractivity contribution in [2.75, 3.05) is 41.0 Å². The van der Waals surface area contributed by atoms with Crippen molar-refractivity contribution in [2.24, 2.45) is 0 Å². The average molecular weight is 707 g/mol. The molecule has 0 aliphatic heterocycles. The summed E-state index contributed by atoms with van der Waals surface area (Å²) in [5.74, 6) is -1.51. The third kappa shape index (κ3) is 31.5. The number of ether oxygens (including phenoxy) is 3. The predicted octanol–water partition coefficient (Wildman–Crippen LogP) is 10.3. The largest absolute Gasteiger partial charge is 0.477 e. The van der Waals surface area contributed by atoms with Gasteiger partial charge in [0.25, 0.3) is 0 Å². The molecule has 2 atom stereocenters. The first-order chi connectivity index (χ1) is 24.1. The van der Waals surface area contributed by atoms with Gasteiger partial charge in [0.1, 0.15) is 6.61 Å². The second kappa shape index (κ2) is 33.7. The third-order valence-electron chi connectivity index (χ3n) is 8.77. The molecule has 0 spiro atoms. The molecule has 0 aliphatic rings. The van der Waals surface area contributed by atoms with Crippen molar-refractivity contribution in [2.45, 2.75) is 174 Å². The summed E-state index contributed by atoms with van der Waals surface area (Å²) in [5.41, 5.74) is 0. The molecule has 0 radical (unpaired) electrons. The highest BCUT2D eigenvalue weighted by Crippen LogP contribution is 2.13. The number of carbonyl (C=O) groups excluding carboxylic acids is 2. The second-order valence-corrected chi connectivity index (χ2v) is 14.5. The van der Waals surface area contributed by atoms with Crippen LogP contribution >= 0.6 is 0 Å². The molecule has 50 heavy (non-hydrogen) atoms. The molecule has 0 heterocycles. The van der Waals surface area contributed by atoms with E-state index in [1.54, 1.807) is 0 Å². The van der Waals surface area contributed by atoms with Crippen LogP contribution in [0.15, 0.2) is 36.5 Å². The fourth-order valence-electron chi connectivity index (χ4n) is 5.65. The minimum Gasteiger partial charge on any atom is -0.477 e. The molecule has 0 aromatic rings. The lowest BCUT2D eigenvalue weighted by Gasteiger charge is -2.31. The fraction of sp³-hybridized carbons (Fsp3) is 0.786. The molecule has 8 nitrogen and oxygen atoms in total. The van der Waals surface area contributed by atoms with Crippen molar-refractivity contribution < 1.29 is 38.2 Å². The van der Waals surface area contributed by atoms with E-state index in [1.807, 2.05) is 21.1 Å². The normalized spacial score (nSPS) is 13.4. The number of esters is 2. The van der Waals surface area contributed by atoms with E-state index in [9.17, 15) is 19.5 Å². The van der Waals surface area contributed by atoms with Crippen LogP contribution in [0.3, 0.4) is 0 Å². The van der Waals surface area contributed by atoms with Crippen molar-refractivity contribution >= 4 is 17.9 Å². The number of quaternary nitrogens is 1. The Kier molecular flexibility index (Phi) is 32.0. The molecule has 0 bridgehead atoms. The van der Waals surface area contributed by atoms with Crippen LogP contribution in [0.4, 0.5) is 0 Å². The van der Waals surface area contributed by atoms with Crippen molar-refractivity contribution in [3.05, 3.63) is 36.5 Å². The number of carboxylic acids is 1. The minimum absolute atomic E-state index is 0.0510. The molecular weight excluding hydrogens is 630 g/mol. The van der Waals surface area contributed by atoms with Crippen molar-refractivity contribution in [1.82, 2.24) is 0 Å². The fourth-order valence-corrected chi connectivity index (χ4v) is 5.65. The van der Waals surface area contributed by atoms with E-state index in [4.69, 9.17) is 14.2 Å². The van der Waals surface area contributed by atoms with E-state index in [1.165, 1.54) is 44.9 Å². The summed E-state index contributed by atoms with van der Waals surface area (Å²) < 4.78 is 17.2. The standard InChI is InChI=1S/C42H75NO7/c1-6-8-10-12-14-16-18-20-21-23-25-27-29-31-33-41(45)50-38(36-48-35-34-39(42(46)47)43(3,4)5)37-49-40(44)32-30-28-26-24-22-19-17-15-13-11-9-7-2/h9,11,15,17,21,23,38-39H,6-8,10,12-14,16,18-20,22,24-37H2,1-5H3/p+1/b11-9+,17-15+,23-21+. The second-order valence-electron chi connectivity index (χ2n) is 14.5. The van der Waals surface area contributed by atoms with Crippen LogP contribution in [0.1, 0.15) is 162 Å². The van der Waals surface area contributed by atoms with Gasteiger partial charge in [0, 0.05) is 19.3 Å². The van der Waals surface area contributed by atoms with Gasteiger partial charge in [-0.25, -0.2) is 4.79 Å². The van der Waals surface area contributed by atoms with Gasteiger partial charge in [-0.05, 0) is 64.2 Å². The maximum Gasteiger partial charge on any atom is 0.362 e. The molecule has 0 rings (SSSR count). The Bertz CT molecular complexity index is 922. The van der Waals surface area contributed by atoms with Crippen LogP contribution in [0.2, 0.25) is 0 Å². The summed E-state index contributed by atoms with van der Waals surface area (Å²) in [7, 11) is 5.51. The smallest absolute Gasteiger partial charge is 0.362 e. The number of unbranched alkanes of at least 4 members (excludes halogenated alkanes) is 15. The van der Waals surface area contributed by atoms with Gasteiger partial charge in [-0.2, -0.15) is 0 Å². The van der Waals surface area contributed by atoms with Gasteiger partial charge >= 0.3 is 17.9 Å². The molecule has 290 valence electrons. The number of hydrogen-bond acceptors (Lipinski definition) is 6. The highest BCUT2D eigenvalue weighted by atomic mass is 16.6. The predicted molar refractivity (Wildman–Crippen MR) is 206 cm³/mol. The first kappa shape index (κ1) is 47.5. The molecule has 2 unspecified atom stereocenters. The Morgan fingerprint density at radius 3 is 1.68 bits per heavy atom. The molecule has 1 N–H and O–H groups in total. The molecule has 8 heteroatoms. The van der Waals surface area contributed by atoms with Crippen LogP contribution in [-0.2, 0) is 28.6 Å². The lowest BCUT2D eigenvalue weighted by molar-refractivity contribution is -0.887. The van der Waals surface area contributed by atoms with E-state index in [-0.39, 0.29) is 36.2 Å². The van der Waals surface area contributed by atoms with E-state index in [0.29, 0.717) is 19.3 Å². The number of hydrogen-bond donors (Lipinski definition) is 1. The summed E-state index contributed by atoms with van der Waals surface area (Å²) >= 11 is 0. The summed E-state index contributed by atoms with van der Waals surface area (Å²) in [6.07, 6.45) is 36.1. The number of aliphatic carboxylic acids is 1. The van der Waals surface area contributed by atoms with E-state index in [2.05, 4.69) is 50.3 Å². The monoisotopic (exact) mass is 707 g/mol. The van der Waals surface area contributed by atoms with Gasteiger partial charge in [0.2, 0.25) is 0 Å². The van der Waals surface area contributed by atoms with Gasteiger partial charge in [-0.3, -0.25) is 9.59 Å². The highest BCUT2D eigenvalue weighted by Gasteiger charge is 2.31. The van der Waals surface area contributed by atoms with Gasteiger partial charge in [-0.1, -0.05) is 115 Å². The van der Waals surface area contributed by atoms with Gasteiger partial charge in [0.15, 0.2) is 12.1 Å². The van der Waals surface area contributed by atoms with Gasteiger partial charge in [0.05, 0.1) is 34.4 Å². The zero-order chi connectivity index (χ0) is 37.1. The lowest BCUT2D eigenvalue weighted by atomic mass is 10.1. The highest BCUT2D eigenvalue weighted by molar-refractivity contribution is 5.72. The maximum absolute atomic E-state index is 12.7. The lowest BCUT2D eigenvalue weighted by Crippen LogP contribution is -2.50. The van der Waals surface area contributed by atoms with Crippen LogP contribution in [-0.4, -0.2) is 80.6 Å². The molecule has 0 saturated heterocycles. The first-order valence-electron chi connectivity index (χ1n) is 20.0. The molecule has 0 aliphatic carbocycles. The molecule has 0 saturated carbocycles.